The number of nitrogens with zero attached hydrogens (tertiary/aromatic N) is 1. The second-order valence-electron chi connectivity index (χ2n) is 9.30. The Balaban J connectivity index is 1.53. The summed E-state index contributed by atoms with van der Waals surface area (Å²) < 4.78 is 18.1. The molecule has 1 aliphatic heterocycles. The van der Waals surface area contributed by atoms with Gasteiger partial charge in [-0.3, -0.25) is 9.69 Å². The predicted octanol–water partition coefficient (Wildman–Crippen LogP) is 5.78. The molecule has 1 saturated heterocycles. The van der Waals surface area contributed by atoms with Gasteiger partial charge in [0.05, 0.1) is 45.0 Å². The zero-order valence-corrected chi connectivity index (χ0v) is 21.1. The van der Waals surface area contributed by atoms with Crippen LogP contribution in [0, 0.1) is 0 Å². The number of benzene rings is 3. The van der Waals surface area contributed by atoms with Crippen molar-refractivity contribution in [1.82, 2.24) is 4.90 Å². The Hall–Kier alpha value is -2.99. The topological polar surface area (TPSA) is 48.0 Å². The molecule has 1 aliphatic rings. The first-order chi connectivity index (χ1) is 17.7. The number of carbonyl (C=O) groups excluding carboxylic acids is 1. The van der Waals surface area contributed by atoms with Crippen LogP contribution < -0.4 is 0 Å². The van der Waals surface area contributed by atoms with E-state index in [0.29, 0.717) is 32.8 Å². The monoisotopic (exact) mass is 487 g/mol. The highest BCUT2D eigenvalue weighted by Crippen LogP contribution is 2.31. The molecule has 5 nitrogen and oxygen atoms in total. The molecular weight excluding hydrogens is 450 g/mol. The maximum Gasteiger partial charge on any atom is 0.307 e. The first-order valence-corrected chi connectivity index (χ1v) is 13.0. The van der Waals surface area contributed by atoms with Gasteiger partial charge in [-0.05, 0) is 36.5 Å². The number of esters is 1. The van der Waals surface area contributed by atoms with Gasteiger partial charge in [-0.25, -0.2) is 0 Å². The lowest BCUT2D eigenvalue weighted by molar-refractivity contribution is -0.148. The third-order valence-corrected chi connectivity index (χ3v) is 6.73. The third-order valence-electron chi connectivity index (χ3n) is 6.73. The molecule has 1 unspecified atom stereocenters. The van der Waals surface area contributed by atoms with E-state index in [2.05, 4.69) is 53.4 Å². The van der Waals surface area contributed by atoms with Crippen molar-refractivity contribution in [1.29, 1.82) is 0 Å². The second kappa shape index (κ2) is 13.9. The summed E-state index contributed by atoms with van der Waals surface area (Å²) in [4.78, 5) is 14.9. The van der Waals surface area contributed by atoms with Crippen LogP contribution in [0.15, 0.2) is 91.0 Å². The van der Waals surface area contributed by atoms with E-state index in [1.54, 1.807) is 0 Å². The molecule has 0 radical (unpaired) electrons. The molecular formula is C31H37NO4. The highest BCUT2D eigenvalue weighted by Gasteiger charge is 2.39. The Bertz CT molecular complexity index is 1030. The van der Waals surface area contributed by atoms with Crippen molar-refractivity contribution < 1.29 is 19.0 Å². The average molecular weight is 488 g/mol. The fourth-order valence-electron chi connectivity index (χ4n) is 4.92. The van der Waals surface area contributed by atoms with Gasteiger partial charge in [0, 0.05) is 12.6 Å². The highest BCUT2D eigenvalue weighted by molar-refractivity contribution is 5.70. The summed E-state index contributed by atoms with van der Waals surface area (Å²) in [6, 6.07) is 31.0. The van der Waals surface area contributed by atoms with Crippen molar-refractivity contribution in [3.8, 4) is 0 Å². The minimum Gasteiger partial charge on any atom is -0.466 e. The lowest BCUT2D eigenvalue weighted by Crippen LogP contribution is -2.56. The van der Waals surface area contributed by atoms with Gasteiger partial charge in [0.25, 0.3) is 0 Å². The Morgan fingerprint density at radius 2 is 1.39 bits per heavy atom. The number of hydrogen-bond acceptors (Lipinski definition) is 5. The van der Waals surface area contributed by atoms with Gasteiger partial charge in [-0.15, -0.1) is 0 Å². The molecule has 0 spiro atoms. The van der Waals surface area contributed by atoms with E-state index < -0.39 is 0 Å². The van der Waals surface area contributed by atoms with Crippen LogP contribution in [0.3, 0.4) is 0 Å². The molecule has 1 fully saturated rings. The van der Waals surface area contributed by atoms with E-state index in [4.69, 9.17) is 14.2 Å². The molecule has 4 rings (SSSR count). The van der Waals surface area contributed by atoms with Gasteiger partial charge in [-0.2, -0.15) is 0 Å². The lowest BCUT2D eigenvalue weighted by atomic mass is 9.90. The van der Waals surface area contributed by atoms with Gasteiger partial charge < -0.3 is 14.2 Å². The van der Waals surface area contributed by atoms with Crippen molar-refractivity contribution in [2.45, 2.75) is 64.1 Å². The average Bonchev–Trinajstić information content (AvgIpc) is 2.91. The van der Waals surface area contributed by atoms with E-state index in [1.165, 1.54) is 5.56 Å². The van der Waals surface area contributed by atoms with Crippen LogP contribution in [0.5, 0.6) is 0 Å². The molecule has 1 heterocycles. The summed E-state index contributed by atoms with van der Waals surface area (Å²) in [5.74, 6) is -0.145. The van der Waals surface area contributed by atoms with Gasteiger partial charge in [-0.1, -0.05) is 91.0 Å². The lowest BCUT2D eigenvalue weighted by Gasteiger charge is -2.46. The van der Waals surface area contributed by atoms with Gasteiger partial charge in [0.1, 0.15) is 0 Å². The number of hydrogen-bond donors (Lipinski definition) is 0. The zero-order chi connectivity index (χ0) is 25.0. The number of carbonyl (C=O) groups is 1. The van der Waals surface area contributed by atoms with E-state index in [0.717, 1.165) is 30.5 Å². The number of ether oxygens (including phenoxy) is 3. The highest BCUT2D eigenvalue weighted by atomic mass is 16.5. The first kappa shape index (κ1) is 26.1. The smallest absolute Gasteiger partial charge is 0.307 e. The summed E-state index contributed by atoms with van der Waals surface area (Å²) in [7, 11) is 0. The van der Waals surface area contributed by atoms with Crippen LogP contribution in [0.4, 0.5) is 0 Å². The summed E-state index contributed by atoms with van der Waals surface area (Å²) >= 11 is 0. The Morgan fingerprint density at radius 3 is 2.00 bits per heavy atom. The van der Waals surface area contributed by atoms with Crippen LogP contribution in [-0.2, 0) is 38.8 Å². The molecule has 0 aliphatic carbocycles. The standard InChI is InChI=1S/C31H37NO4/c1-2-35-31(33)20-28-18-19-30(36-23-27-16-10-5-11-17-27)29(24-34-22-26-14-8-4-9-15-26)32(28)21-25-12-6-3-7-13-25/h3-17,28-30H,2,18-24H2,1H3/t28-,29?,30-/m0/s1. The maximum absolute atomic E-state index is 12.5. The summed E-state index contributed by atoms with van der Waals surface area (Å²) in [6.07, 6.45) is 2.13. The predicted molar refractivity (Wildman–Crippen MR) is 141 cm³/mol. The molecule has 3 aromatic carbocycles. The third kappa shape index (κ3) is 7.76. The second-order valence-corrected chi connectivity index (χ2v) is 9.30. The van der Waals surface area contributed by atoms with Gasteiger partial charge in [0.2, 0.25) is 0 Å². The number of piperidine rings is 1. The van der Waals surface area contributed by atoms with Crippen LogP contribution in [0.25, 0.3) is 0 Å². The van der Waals surface area contributed by atoms with Gasteiger partial charge in [0.15, 0.2) is 0 Å². The van der Waals surface area contributed by atoms with E-state index >= 15 is 0 Å². The fraction of sp³-hybridized carbons (Fsp3) is 0.387. The van der Waals surface area contributed by atoms with Crippen LogP contribution in [-0.4, -0.2) is 42.3 Å². The van der Waals surface area contributed by atoms with Crippen LogP contribution >= 0.6 is 0 Å². The van der Waals surface area contributed by atoms with E-state index in [9.17, 15) is 4.79 Å². The Labute approximate surface area is 215 Å². The van der Waals surface area contributed by atoms with Crippen molar-refractivity contribution in [2.24, 2.45) is 0 Å². The minimum absolute atomic E-state index is 0.00290. The van der Waals surface area contributed by atoms with Crippen LogP contribution in [0.1, 0.15) is 42.9 Å². The Morgan fingerprint density at radius 1 is 0.806 bits per heavy atom. The van der Waals surface area contributed by atoms with Gasteiger partial charge >= 0.3 is 5.97 Å². The molecule has 190 valence electrons. The number of likely N-dealkylation sites (tertiary alicyclic amines) is 1. The zero-order valence-electron chi connectivity index (χ0n) is 21.1. The summed E-state index contributed by atoms with van der Waals surface area (Å²) in [5, 5.41) is 0. The molecule has 0 bridgehead atoms. The molecule has 0 aromatic heterocycles. The van der Waals surface area contributed by atoms with Crippen molar-refractivity contribution in [2.75, 3.05) is 13.2 Å². The van der Waals surface area contributed by atoms with E-state index in [1.807, 2.05) is 49.4 Å². The van der Waals surface area contributed by atoms with E-state index in [-0.39, 0.29) is 24.2 Å². The SMILES string of the molecule is CCOC(=O)C[C@@H]1CC[C@H](OCc2ccccc2)C(COCc2ccccc2)N1Cc1ccccc1. The van der Waals surface area contributed by atoms with Crippen molar-refractivity contribution in [3.05, 3.63) is 108 Å². The fourth-order valence-corrected chi connectivity index (χ4v) is 4.92. The Kier molecular flexibility index (Phi) is 10.1. The van der Waals surface area contributed by atoms with Crippen molar-refractivity contribution in [3.63, 3.8) is 0 Å². The maximum atomic E-state index is 12.5. The number of rotatable bonds is 12. The first-order valence-electron chi connectivity index (χ1n) is 13.0. The molecule has 0 saturated carbocycles. The quantitative estimate of drug-likeness (QED) is 0.303. The molecule has 3 aromatic rings. The molecule has 0 N–H and O–H groups in total. The summed E-state index contributed by atoms with van der Waals surface area (Å²) in [5.41, 5.74) is 3.51. The molecule has 5 heteroatoms. The summed E-state index contributed by atoms with van der Waals surface area (Å²) in [6.45, 7) is 4.62. The molecule has 0 amide bonds. The molecule has 3 atom stereocenters. The largest absolute Gasteiger partial charge is 0.466 e. The molecule has 36 heavy (non-hydrogen) atoms. The normalized spacial score (nSPS) is 20.2. The van der Waals surface area contributed by atoms with Crippen molar-refractivity contribution >= 4 is 5.97 Å². The van der Waals surface area contributed by atoms with Crippen LogP contribution in [0.2, 0.25) is 0 Å². The minimum atomic E-state index is -0.145.